The van der Waals surface area contributed by atoms with E-state index in [0.29, 0.717) is 16.9 Å². The van der Waals surface area contributed by atoms with Crippen LogP contribution < -0.4 is 10.5 Å². The summed E-state index contributed by atoms with van der Waals surface area (Å²) in [4.78, 5) is 0. The number of nitriles is 1. The summed E-state index contributed by atoms with van der Waals surface area (Å²) in [6.07, 6.45) is 0. The van der Waals surface area contributed by atoms with Gasteiger partial charge in [0, 0.05) is 5.56 Å². The number of halogens is 1. The molecule has 2 atom stereocenters. The van der Waals surface area contributed by atoms with Crippen LogP contribution in [-0.2, 0) is 0 Å². The lowest BCUT2D eigenvalue weighted by Gasteiger charge is -2.46. The maximum Gasteiger partial charge on any atom is 0.173 e. The van der Waals surface area contributed by atoms with E-state index in [0.717, 1.165) is 0 Å². The van der Waals surface area contributed by atoms with Crippen molar-refractivity contribution in [3.05, 3.63) is 29.3 Å². The molecule has 2 unspecified atom stereocenters. The molecule has 0 bridgehead atoms. The van der Waals surface area contributed by atoms with E-state index in [1.54, 1.807) is 32.0 Å². The fourth-order valence-electron chi connectivity index (χ4n) is 1.88. The van der Waals surface area contributed by atoms with Gasteiger partial charge in [0.1, 0.15) is 11.4 Å². The Morgan fingerprint density at radius 1 is 1.53 bits per heavy atom. The normalized spacial score (nSPS) is 30.0. The SMILES string of the molecule is CC1(C)Oc2ccc(C#N)cc2C(N)C1(O)I. The molecule has 0 saturated heterocycles. The summed E-state index contributed by atoms with van der Waals surface area (Å²) in [5, 5.41) is 19.3. The molecular weight excluding hydrogens is 331 g/mol. The topological polar surface area (TPSA) is 79.3 Å². The molecule has 0 amide bonds. The first kappa shape index (κ1) is 12.6. The minimum absolute atomic E-state index is 0.509. The molecule has 0 aromatic heterocycles. The van der Waals surface area contributed by atoms with E-state index in [2.05, 4.69) is 6.07 Å². The number of hydrogen-bond acceptors (Lipinski definition) is 4. The molecule has 1 aliphatic heterocycles. The summed E-state index contributed by atoms with van der Waals surface area (Å²) < 4.78 is 4.54. The van der Waals surface area contributed by atoms with Gasteiger partial charge in [-0.1, -0.05) is 0 Å². The van der Waals surface area contributed by atoms with Crippen LogP contribution in [0.5, 0.6) is 5.75 Å². The summed E-state index contributed by atoms with van der Waals surface area (Å²) in [6, 6.07) is 6.53. The number of rotatable bonds is 0. The van der Waals surface area contributed by atoms with Crippen molar-refractivity contribution >= 4 is 22.6 Å². The molecule has 0 aliphatic carbocycles. The number of nitrogens with two attached hydrogens (primary N) is 1. The lowest BCUT2D eigenvalue weighted by molar-refractivity contribution is -0.0696. The van der Waals surface area contributed by atoms with E-state index in [1.165, 1.54) is 0 Å². The monoisotopic (exact) mass is 344 g/mol. The number of aliphatic hydroxyl groups is 1. The van der Waals surface area contributed by atoms with Crippen molar-refractivity contribution in [2.24, 2.45) is 5.73 Å². The van der Waals surface area contributed by atoms with E-state index < -0.39 is 15.3 Å². The van der Waals surface area contributed by atoms with Crippen molar-refractivity contribution in [1.29, 1.82) is 5.26 Å². The zero-order chi connectivity index (χ0) is 12.8. The Kier molecular flexibility index (Phi) is 2.84. The van der Waals surface area contributed by atoms with E-state index in [-0.39, 0.29) is 0 Å². The number of fused-ring (bicyclic) bond motifs is 1. The van der Waals surface area contributed by atoms with Gasteiger partial charge < -0.3 is 15.6 Å². The first-order valence-corrected chi connectivity index (χ1v) is 6.27. The summed E-state index contributed by atoms with van der Waals surface area (Å²) in [7, 11) is 0. The molecular formula is C12H13IN2O2. The van der Waals surface area contributed by atoms with E-state index in [4.69, 9.17) is 15.7 Å². The van der Waals surface area contributed by atoms with Gasteiger partial charge in [0.25, 0.3) is 0 Å². The summed E-state index contributed by atoms with van der Waals surface area (Å²) in [5.41, 5.74) is 6.47. The summed E-state index contributed by atoms with van der Waals surface area (Å²) >= 11 is 1.90. The number of ether oxygens (including phenoxy) is 1. The number of benzene rings is 1. The average molecular weight is 344 g/mol. The third-order valence-electron chi connectivity index (χ3n) is 3.10. The molecule has 0 spiro atoms. The van der Waals surface area contributed by atoms with Crippen molar-refractivity contribution in [3.63, 3.8) is 0 Å². The molecule has 3 N–H and O–H groups in total. The van der Waals surface area contributed by atoms with Gasteiger partial charge in [-0.15, -0.1) is 0 Å². The molecule has 1 aromatic carbocycles. The van der Waals surface area contributed by atoms with Gasteiger partial charge in [-0.2, -0.15) is 5.26 Å². The Labute approximate surface area is 114 Å². The van der Waals surface area contributed by atoms with E-state index in [1.807, 2.05) is 22.6 Å². The number of nitrogens with zero attached hydrogens (tertiary/aromatic N) is 1. The average Bonchev–Trinajstić information content (AvgIpc) is 2.26. The summed E-state index contributed by atoms with van der Waals surface area (Å²) in [6.45, 7) is 3.58. The van der Waals surface area contributed by atoms with Crippen molar-refractivity contribution in [2.75, 3.05) is 0 Å². The molecule has 1 heterocycles. The van der Waals surface area contributed by atoms with Crippen LogP contribution in [0.3, 0.4) is 0 Å². The van der Waals surface area contributed by atoms with Crippen LogP contribution in [-0.4, -0.2) is 14.3 Å². The van der Waals surface area contributed by atoms with Gasteiger partial charge in [0.15, 0.2) is 3.61 Å². The second-order valence-electron chi connectivity index (χ2n) is 4.63. The van der Waals surface area contributed by atoms with Crippen molar-refractivity contribution in [1.82, 2.24) is 0 Å². The second-order valence-corrected chi connectivity index (χ2v) is 6.27. The van der Waals surface area contributed by atoms with Gasteiger partial charge in [0.05, 0.1) is 17.7 Å². The predicted octanol–water partition coefficient (Wildman–Crippen LogP) is 1.85. The largest absolute Gasteiger partial charge is 0.484 e. The lowest BCUT2D eigenvalue weighted by atomic mass is 9.86. The Bertz CT molecular complexity index is 506. The highest BCUT2D eigenvalue weighted by atomic mass is 127. The van der Waals surface area contributed by atoms with Crippen LogP contribution in [0, 0.1) is 11.3 Å². The minimum Gasteiger partial charge on any atom is -0.484 e. The standard InChI is InChI=1S/C12H13IN2O2/c1-11(2)12(13,16)10(15)8-5-7(6-14)3-4-9(8)17-11/h3-5,10,16H,15H2,1-2H3. The first-order valence-electron chi connectivity index (χ1n) is 5.19. The molecule has 0 fully saturated rings. The maximum absolute atomic E-state index is 10.4. The zero-order valence-corrected chi connectivity index (χ0v) is 11.7. The quantitative estimate of drug-likeness (QED) is 0.556. The Balaban J connectivity index is 2.59. The van der Waals surface area contributed by atoms with E-state index >= 15 is 0 Å². The lowest BCUT2D eigenvalue weighted by Crippen LogP contribution is -2.58. The third-order valence-corrected chi connectivity index (χ3v) is 5.07. The maximum atomic E-state index is 10.4. The van der Waals surface area contributed by atoms with Crippen molar-refractivity contribution < 1.29 is 9.84 Å². The summed E-state index contributed by atoms with van der Waals surface area (Å²) in [5.74, 6) is 0.628. The van der Waals surface area contributed by atoms with Gasteiger partial charge in [0.2, 0.25) is 0 Å². The molecule has 1 aromatic rings. The van der Waals surface area contributed by atoms with Crippen LogP contribution in [0.1, 0.15) is 31.0 Å². The highest BCUT2D eigenvalue weighted by Gasteiger charge is 2.52. The van der Waals surface area contributed by atoms with Crippen molar-refractivity contribution in [3.8, 4) is 11.8 Å². The highest BCUT2D eigenvalue weighted by molar-refractivity contribution is 14.1. The Hall–Kier alpha value is -0.840. The first-order chi connectivity index (χ1) is 7.79. The van der Waals surface area contributed by atoms with Crippen molar-refractivity contribution in [2.45, 2.75) is 29.1 Å². The number of hydrogen-bond donors (Lipinski definition) is 2. The second kappa shape index (κ2) is 3.83. The Morgan fingerprint density at radius 3 is 2.76 bits per heavy atom. The fraction of sp³-hybridized carbons (Fsp3) is 0.417. The van der Waals surface area contributed by atoms with Gasteiger partial charge in [-0.3, -0.25) is 0 Å². The zero-order valence-electron chi connectivity index (χ0n) is 9.57. The molecule has 0 saturated carbocycles. The minimum atomic E-state index is -1.22. The number of alkyl halides is 1. The molecule has 2 rings (SSSR count). The highest BCUT2D eigenvalue weighted by Crippen LogP contribution is 2.48. The van der Waals surface area contributed by atoms with Crippen LogP contribution in [0.15, 0.2) is 18.2 Å². The van der Waals surface area contributed by atoms with Crippen LogP contribution in [0.2, 0.25) is 0 Å². The third kappa shape index (κ3) is 1.80. The van der Waals surface area contributed by atoms with Gasteiger partial charge >= 0.3 is 0 Å². The molecule has 17 heavy (non-hydrogen) atoms. The van der Waals surface area contributed by atoms with Gasteiger partial charge in [-0.25, -0.2) is 0 Å². The Morgan fingerprint density at radius 2 is 2.18 bits per heavy atom. The fourth-order valence-corrected chi connectivity index (χ4v) is 2.33. The van der Waals surface area contributed by atoms with Gasteiger partial charge in [-0.05, 0) is 54.6 Å². The smallest absolute Gasteiger partial charge is 0.173 e. The van der Waals surface area contributed by atoms with Crippen LogP contribution >= 0.6 is 22.6 Å². The molecule has 4 nitrogen and oxygen atoms in total. The van der Waals surface area contributed by atoms with Crippen LogP contribution in [0.25, 0.3) is 0 Å². The predicted molar refractivity (Wildman–Crippen MR) is 71.8 cm³/mol. The molecule has 1 aliphatic rings. The molecule has 5 heteroatoms. The molecule has 90 valence electrons. The molecule has 0 radical (unpaired) electrons. The van der Waals surface area contributed by atoms with Crippen LogP contribution in [0.4, 0.5) is 0 Å². The van der Waals surface area contributed by atoms with E-state index in [9.17, 15) is 5.11 Å².